The van der Waals surface area contributed by atoms with Crippen LogP contribution >= 0.6 is 22.9 Å². The minimum atomic E-state index is -0.249. The molecule has 8 heteroatoms. The molecule has 0 unspecified atom stereocenters. The lowest BCUT2D eigenvalue weighted by atomic mass is 10.2. The molecule has 0 spiro atoms. The van der Waals surface area contributed by atoms with E-state index in [1.807, 2.05) is 36.6 Å². The van der Waals surface area contributed by atoms with Gasteiger partial charge in [0.25, 0.3) is 5.91 Å². The zero-order valence-corrected chi connectivity index (χ0v) is 16.0. The quantitative estimate of drug-likeness (QED) is 0.546. The molecule has 136 valence electrons. The second-order valence-electron chi connectivity index (χ2n) is 6.08. The van der Waals surface area contributed by atoms with Crippen LogP contribution in [0.4, 0.5) is 5.82 Å². The first kappa shape index (κ1) is 17.5. The highest BCUT2D eigenvalue weighted by molar-refractivity contribution is 7.13. The van der Waals surface area contributed by atoms with Crippen LogP contribution in [0, 0.1) is 6.92 Å². The average molecular weight is 398 g/mol. The third kappa shape index (κ3) is 3.39. The maximum absolute atomic E-state index is 12.5. The molecule has 0 saturated heterocycles. The minimum absolute atomic E-state index is 0.249. The Labute approximate surface area is 164 Å². The van der Waals surface area contributed by atoms with Gasteiger partial charge in [-0.05, 0) is 47.7 Å². The van der Waals surface area contributed by atoms with Crippen LogP contribution in [0.1, 0.15) is 21.5 Å². The van der Waals surface area contributed by atoms with Crippen molar-refractivity contribution < 1.29 is 4.79 Å². The minimum Gasteiger partial charge on any atom is -0.384 e. The van der Waals surface area contributed by atoms with Crippen molar-refractivity contribution in [1.82, 2.24) is 19.9 Å². The number of pyridine rings is 1. The van der Waals surface area contributed by atoms with Gasteiger partial charge < -0.3 is 11.1 Å². The van der Waals surface area contributed by atoms with E-state index in [4.69, 9.17) is 17.3 Å². The maximum atomic E-state index is 12.5. The van der Waals surface area contributed by atoms with Crippen LogP contribution in [-0.4, -0.2) is 20.5 Å². The molecule has 27 heavy (non-hydrogen) atoms. The molecule has 0 aliphatic carbocycles. The van der Waals surface area contributed by atoms with Crippen LogP contribution in [0.15, 0.2) is 47.8 Å². The van der Waals surface area contributed by atoms with Gasteiger partial charge >= 0.3 is 0 Å². The first-order chi connectivity index (χ1) is 13.0. The number of amides is 1. The van der Waals surface area contributed by atoms with Crippen molar-refractivity contribution >= 4 is 40.3 Å². The Bertz CT molecular complexity index is 1150. The summed E-state index contributed by atoms with van der Waals surface area (Å²) < 4.78 is 1.54. The lowest BCUT2D eigenvalue weighted by Crippen LogP contribution is -2.23. The van der Waals surface area contributed by atoms with E-state index in [2.05, 4.69) is 15.4 Å². The van der Waals surface area contributed by atoms with Crippen molar-refractivity contribution in [2.24, 2.45) is 0 Å². The van der Waals surface area contributed by atoms with E-state index in [0.717, 1.165) is 16.0 Å². The Balaban J connectivity index is 1.61. The Morgan fingerprint density at radius 2 is 2.11 bits per heavy atom. The number of hydrogen-bond donors (Lipinski definition) is 2. The number of carbonyl (C=O) groups is 1. The molecule has 4 aromatic rings. The topological polar surface area (TPSA) is 85.3 Å². The number of thiophene rings is 1. The number of anilines is 1. The Morgan fingerprint density at radius 3 is 2.85 bits per heavy atom. The number of benzene rings is 1. The molecule has 0 radical (unpaired) electrons. The summed E-state index contributed by atoms with van der Waals surface area (Å²) in [6, 6.07) is 12.7. The van der Waals surface area contributed by atoms with Crippen LogP contribution in [0.3, 0.4) is 0 Å². The standard InChI is InChI=1S/C19H16ClN5OS/c1-11-6-7-27-17(11)18-23-16-9-13(8-15(21)25(16)24-18)19(26)22-10-12-4-2-3-5-14(12)20/h2-9H,10,21H2,1H3,(H,22,26). The fraction of sp³-hybridized carbons (Fsp3) is 0.105. The number of nitrogens with one attached hydrogen (secondary N) is 1. The Morgan fingerprint density at radius 1 is 1.30 bits per heavy atom. The number of carbonyl (C=O) groups excluding carboxylic acids is 1. The number of aromatic nitrogens is 3. The molecule has 0 bridgehead atoms. The van der Waals surface area contributed by atoms with Crippen molar-refractivity contribution in [3.63, 3.8) is 0 Å². The fourth-order valence-electron chi connectivity index (χ4n) is 2.76. The number of hydrogen-bond acceptors (Lipinski definition) is 5. The van der Waals surface area contributed by atoms with Crippen LogP contribution < -0.4 is 11.1 Å². The van der Waals surface area contributed by atoms with Gasteiger partial charge in [0.05, 0.1) is 4.88 Å². The summed E-state index contributed by atoms with van der Waals surface area (Å²) in [7, 11) is 0. The number of fused-ring (bicyclic) bond motifs is 1. The number of rotatable bonds is 4. The van der Waals surface area contributed by atoms with E-state index in [1.165, 1.54) is 0 Å². The van der Waals surface area contributed by atoms with Crippen molar-refractivity contribution in [1.29, 1.82) is 0 Å². The SMILES string of the molecule is Cc1ccsc1-c1nc2cc(C(=O)NCc3ccccc3Cl)cc(N)n2n1. The van der Waals surface area contributed by atoms with Crippen molar-refractivity contribution in [3.05, 3.63) is 69.6 Å². The molecule has 4 rings (SSSR count). The van der Waals surface area contributed by atoms with Gasteiger partial charge in [0.15, 0.2) is 11.5 Å². The lowest BCUT2D eigenvalue weighted by Gasteiger charge is -2.08. The van der Waals surface area contributed by atoms with Gasteiger partial charge in [0, 0.05) is 17.1 Å². The van der Waals surface area contributed by atoms with E-state index < -0.39 is 0 Å². The van der Waals surface area contributed by atoms with Crippen molar-refractivity contribution in [2.45, 2.75) is 13.5 Å². The number of nitrogens with zero attached hydrogens (tertiary/aromatic N) is 3. The molecule has 0 fully saturated rings. The second kappa shape index (κ2) is 7.02. The van der Waals surface area contributed by atoms with Gasteiger partial charge in [-0.25, -0.2) is 4.98 Å². The monoisotopic (exact) mass is 397 g/mol. The summed E-state index contributed by atoms with van der Waals surface area (Å²) in [6.07, 6.45) is 0. The summed E-state index contributed by atoms with van der Waals surface area (Å²) >= 11 is 7.70. The number of nitrogen functional groups attached to an aromatic ring is 1. The summed E-state index contributed by atoms with van der Waals surface area (Å²) in [5.41, 5.74) is 9.00. The van der Waals surface area contributed by atoms with E-state index in [-0.39, 0.29) is 5.91 Å². The molecule has 3 heterocycles. The molecule has 6 nitrogen and oxygen atoms in total. The van der Waals surface area contributed by atoms with Crippen molar-refractivity contribution in [2.75, 3.05) is 5.73 Å². The molecule has 1 amide bonds. The van der Waals surface area contributed by atoms with Crippen LogP contribution in [0.25, 0.3) is 16.3 Å². The molecule has 0 atom stereocenters. The van der Waals surface area contributed by atoms with Gasteiger partial charge in [0.1, 0.15) is 5.82 Å². The highest BCUT2D eigenvalue weighted by atomic mass is 35.5. The van der Waals surface area contributed by atoms with Crippen LogP contribution in [0.5, 0.6) is 0 Å². The van der Waals surface area contributed by atoms with E-state index in [9.17, 15) is 4.79 Å². The summed E-state index contributed by atoms with van der Waals surface area (Å²) in [4.78, 5) is 18.1. The third-order valence-corrected chi connectivity index (χ3v) is 5.57. The third-order valence-electron chi connectivity index (χ3n) is 4.19. The Hall–Kier alpha value is -2.90. The van der Waals surface area contributed by atoms with E-state index >= 15 is 0 Å². The number of aryl methyl sites for hydroxylation is 1. The predicted molar refractivity (Wildman–Crippen MR) is 108 cm³/mol. The van der Waals surface area contributed by atoms with Gasteiger partial charge in [-0.2, -0.15) is 4.52 Å². The summed E-state index contributed by atoms with van der Waals surface area (Å²) in [5.74, 6) is 0.701. The number of halogens is 1. The first-order valence-electron chi connectivity index (χ1n) is 8.25. The first-order valence-corrected chi connectivity index (χ1v) is 9.51. The zero-order chi connectivity index (χ0) is 19.0. The smallest absolute Gasteiger partial charge is 0.251 e. The molecule has 0 aliphatic rings. The van der Waals surface area contributed by atoms with Crippen LogP contribution in [0.2, 0.25) is 5.02 Å². The van der Waals surface area contributed by atoms with Crippen molar-refractivity contribution in [3.8, 4) is 10.7 Å². The molecule has 0 aliphatic heterocycles. The normalized spacial score (nSPS) is 11.0. The highest BCUT2D eigenvalue weighted by Gasteiger charge is 2.15. The lowest BCUT2D eigenvalue weighted by molar-refractivity contribution is 0.0951. The summed E-state index contributed by atoms with van der Waals surface area (Å²) in [6.45, 7) is 2.34. The highest BCUT2D eigenvalue weighted by Crippen LogP contribution is 2.27. The second-order valence-corrected chi connectivity index (χ2v) is 7.40. The van der Waals surface area contributed by atoms with Gasteiger partial charge in [-0.15, -0.1) is 16.4 Å². The van der Waals surface area contributed by atoms with E-state index in [0.29, 0.717) is 34.4 Å². The van der Waals surface area contributed by atoms with Crippen LogP contribution in [-0.2, 0) is 6.54 Å². The molecule has 0 saturated carbocycles. The number of nitrogens with two attached hydrogens (primary N) is 1. The van der Waals surface area contributed by atoms with Gasteiger partial charge in [-0.1, -0.05) is 29.8 Å². The average Bonchev–Trinajstić information content (AvgIpc) is 3.26. The zero-order valence-electron chi connectivity index (χ0n) is 14.4. The molecular formula is C19H16ClN5OS. The largest absolute Gasteiger partial charge is 0.384 e. The predicted octanol–water partition coefficient (Wildman–Crippen LogP) is 3.93. The van der Waals surface area contributed by atoms with Gasteiger partial charge in [0.2, 0.25) is 0 Å². The molecular weight excluding hydrogens is 382 g/mol. The molecule has 3 N–H and O–H groups in total. The molecule has 3 aromatic heterocycles. The van der Waals surface area contributed by atoms with E-state index in [1.54, 1.807) is 34.1 Å². The maximum Gasteiger partial charge on any atom is 0.251 e. The summed E-state index contributed by atoms with van der Waals surface area (Å²) in [5, 5.41) is 9.93. The molecule has 1 aromatic carbocycles. The van der Waals surface area contributed by atoms with Gasteiger partial charge in [-0.3, -0.25) is 4.79 Å². The fourth-order valence-corrected chi connectivity index (χ4v) is 3.81. The Kier molecular flexibility index (Phi) is 4.55.